The molecule has 0 spiro atoms. The molecule has 2 rings (SSSR count). The number of hydrogen-bond donors (Lipinski definition) is 1. The number of hydrogen-bond acceptors (Lipinski definition) is 3. The second kappa shape index (κ2) is 5.56. The molecule has 94 valence electrons. The molecule has 1 aromatic heterocycles. The zero-order valence-corrected chi connectivity index (χ0v) is 10.5. The highest BCUT2D eigenvalue weighted by Crippen LogP contribution is 2.15. The highest BCUT2D eigenvalue weighted by atomic mass is 19.1. The Morgan fingerprint density at radius 1 is 1.59 bits per heavy atom. The van der Waals surface area contributed by atoms with E-state index in [-0.39, 0.29) is 11.9 Å². The van der Waals surface area contributed by atoms with E-state index in [2.05, 4.69) is 29.2 Å². The number of rotatable bonds is 4. The van der Waals surface area contributed by atoms with E-state index in [1.54, 1.807) is 6.07 Å². The molecule has 4 heteroatoms. The van der Waals surface area contributed by atoms with Crippen LogP contribution in [0, 0.1) is 11.7 Å². The lowest BCUT2D eigenvalue weighted by Gasteiger charge is -2.16. The summed E-state index contributed by atoms with van der Waals surface area (Å²) in [5.41, 5.74) is 0.901. The van der Waals surface area contributed by atoms with Crippen molar-refractivity contribution in [3.63, 3.8) is 0 Å². The van der Waals surface area contributed by atoms with Crippen molar-refractivity contribution in [3.8, 4) is 0 Å². The van der Waals surface area contributed by atoms with Gasteiger partial charge in [0.25, 0.3) is 0 Å². The van der Waals surface area contributed by atoms with E-state index in [1.807, 2.05) is 0 Å². The SMILES string of the molecule is CC(NCC1CCN(C)C1)c1ccc(F)cn1. The van der Waals surface area contributed by atoms with Gasteiger partial charge in [0.2, 0.25) is 0 Å². The van der Waals surface area contributed by atoms with E-state index in [9.17, 15) is 4.39 Å². The van der Waals surface area contributed by atoms with Gasteiger partial charge in [0.1, 0.15) is 5.82 Å². The van der Waals surface area contributed by atoms with Crippen molar-refractivity contribution in [1.29, 1.82) is 0 Å². The minimum Gasteiger partial charge on any atom is -0.309 e. The molecule has 1 aromatic rings. The van der Waals surface area contributed by atoms with Crippen molar-refractivity contribution in [2.24, 2.45) is 5.92 Å². The van der Waals surface area contributed by atoms with Gasteiger partial charge in [0, 0.05) is 12.6 Å². The second-order valence-corrected chi connectivity index (χ2v) is 4.95. The third kappa shape index (κ3) is 3.48. The summed E-state index contributed by atoms with van der Waals surface area (Å²) in [5, 5.41) is 3.47. The molecule has 2 unspecified atom stereocenters. The Morgan fingerprint density at radius 3 is 3.00 bits per heavy atom. The maximum Gasteiger partial charge on any atom is 0.141 e. The third-order valence-corrected chi connectivity index (χ3v) is 3.40. The first-order valence-electron chi connectivity index (χ1n) is 6.18. The van der Waals surface area contributed by atoms with Crippen LogP contribution in [0.15, 0.2) is 18.3 Å². The lowest BCUT2D eigenvalue weighted by Crippen LogP contribution is -2.27. The molecule has 1 N–H and O–H groups in total. The highest BCUT2D eigenvalue weighted by Gasteiger charge is 2.19. The van der Waals surface area contributed by atoms with E-state index in [1.165, 1.54) is 25.2 Å². The third-order valence-electron chi connectivity index (χ3n) is 3.40. The Kier molecular flexibility index (Phi) is 4.07. The average molecular weight is 237 g/mol. The van der Waals surface area contributed by atoms with Crippen LogP contribution in [0.4, 0.5) is 4.39 Å². The molecule has 3 nitrogen and oxygen atoms in total. The van der Waals surface area contributed by atoms with Crippen molar-refractivity contribution < 1.29 is 4.39 Å². The fourth-order valence-electron chi connectivity index (χ4n) is 2.28. The first-order chi connectivity index (χ1) is 8.15. The van der Waals surface area contributed by atoms with Crippen molar-refractivity contribution in [3.05, 3.63) is 29.8 Å². The Labute approximate surface area is 102 Å². The van der Waals surface area contributed by atoms with Crippen molar-refractivity contribution in [2.75, 3.05) is 26.7 Å². The summed E-state index contributed by atoms with van der Waals surface area (Å²) in [6, 6.07) is 3.39. The van der Waals surface area contributed by atoms with Crippen LogP contribution in [0.5, 0.6) is 0 Å². The molecule has 17 heavy (non-hydrogen) atoms. The number of likely N-dealkylation sites (tertiary alicyclic amines) is 1. The molecule has 0 amide bonds. The summed E-state index contributed by atoms with van der Waals surface area (Å²) >= 11 is 0. The fourth-order valence-corrected chi connectivity index (χ4v) is 2.28. The maximum atomic E-state index is 12.7. The molecule has 0 aliphatic carbocycles. The van der Waals surface area contributed by atoms with Gasteiger partial charge in [-0.15, -0.1) is 0 Å². The highest BCUT2D eigenvalue weighted by molar-refractivity contribution is 5.08. The lowest BCUT2D eigenvalue weighted by molar-refractivity contribution is 0.381. The zero-order chi connectivity index (χ0) is 12.3. The lowest BCUT2D eigenvalue weighted by atomic mass is 10.1. The predicted molar refractivity (Wildman–Crippen MR) is 66.2 cm³/mol. The van der Waals surface area contributed by atoms with E-state index >= 15 is 0 Å². The molecule has 1 saturated heterocycles. The first-order valence-corrected chi connectivity index (χ1v) is 6.18. The summed E-state index contributed by atoms with van der Waals surface area (Å²) in [5.74, 6) is 0.446. The van der Waals surface area contributed by atoms with Crippen LogP contribution in [0.25, 0.3) is 0 Å². The molecule has 0 radical (unpaired) electrons. The number of nitrogens with one attached hydrogen (secondary N) is 1. The number of pyridine rings is 1. The largest absolute Gasteiger partial charge is 0.309 e. The summed E-state index contributed by atoms with van der Waals surface area (Å²) in [7, 11) is 2.16. The average Bonchev–Trinajstić information content (AvgIpc) is 2.73. The van der Waals surface area contributed by atoms with Gasteiger partial charge in [-0.25, -0.2) is 4.39 Å². The summed E-state index contributed by atoms with van der Waals surface area (Å²) < 4.78 is 12.7. The summed E-state index contributed by atoms with van der Waals surface area (Å²) in [4.78, 5) is 6.44. The molecule has 2 heterocycles. The maximum absolute atomic E-state index is 12.7. The van der Waals surface area contributed by atoms with Crippen LogP contribution in [-0.4, -0.2) is 36.6 Å². The summed E-state index contributed by atoms with van der Waals surface area (Å²) in [6.07, 6.45) is 2.53. The van der Waals surface area contributed by atoms with Crippen LogP contribution in [-0.2, 0) is 0 Å². The minimum atomic E-state index is -0.279. The minimum absolute atomic E-state index is 0.182. The number of nitrogens with zero attached hydrogens (tertiary/aromatic N) is 2. The van der Waals surface area contributed by atoms with Crippen molar-refractivity contribution in [2.45, 2.75) is 19.4 Å². The molecule has 1 fully saturated rings. The normalized spacial score (nSPS) is 22.9. The van der Waals surface area contributed by atoms with Gasteiger partial charge in [0.05, 0.1) is 11.9 Å². The van der Waals surface area contributed by atoms with Crippen LogP contribution in [0.3, 0.4) is 0 Å². The van der Waals surface area contributed by atoms with Crippen LogP contribution >= 0.6 is 0 Å². The Morgan fingerprint density at radius 2 is 2.41 bits per heavy atom. The molecule has 0 bridgehead atoms. The van der Waals surface area contributed by atoms with Crippen molar-refractivity contribution >= 4 is 0 Å². The van der Waals surface area contributed by atoms with Crippen LogP contribution in [0.1, 0.15) is 25.1 Å². The first kappa shape index (κ1) is 12.5. The van der Waals surface area contributed by atoms with E-state index in [0.717, 1.165) is 24.7 Å². The van der Waals surface area contributed by atoms with Gasteiger partial charge < -0.3 is 10.2 Å². The number of halogens is 1. The predicted octanol–water partition coefficient (Wildman–Crippen LogP) is 1.82. The fraction of sp³-hybridized carbons (Fsp3) is 0.615. The van der Waals surface area contributed by atoms with Gasteiger partial charge in [0.15, 0.2) is 0 Å². The molecule has 1 aliphatic rings. The molecule has 0 saturated carbocycles. The van der Waals surface area contributed by atoms with Crippen LogP contribution < -0.4 is 5.32 Å². The number of aromatic nitrogens is 1. The molecule has 1 aliphatic heterocycles. The van der Waals surface area contributed by atoms with E-state index in [4.69, 9.17) is 0 Å². The molecule has 2 atom stereocenters. The van der Waals surface area contributed by atoms with Gasteiger partial charge >= 0.3 is 0 Å². The Balaban J connectivity index is 1.81. The van der Waals surface area contributed by atoms with Gasteiger partial charge in [-0.1, -0.05) is 0 Å². The topological polar surface area (TPSA) is 28.2 Å². The second-order valence-electron chi connectivity index (χ2n) is 4.95. The molecular weight excluding hydrogens is 217 g/mol. The molecular formula is C13H20FN3. The van der Waals surface area contributed by atoms with Gasteiger partial charge in [-0.2, -0.15) is 0 Å². The molecule has 0 aromatic carbocycles. The van der Waals surface area contributed by atoms with E-state index in [0.29, 0.717) is 0 Å². The van der Waals surface area contributed by atoms with Crippen LogP contribution in [0.2, 0.25) is 0 Å². The van der Waals surface area contributed by atoms with Gasteiger partial charge in [-0.05, 0) is 51.5 Å². The Bertz CT molecular complexity index is 352. The smallest absolute Gasteiger partial charge is 0.141 e. The quantitative estimate of drug-likeness (QED) is 0.866. The standard InChI is InChI=1S/C13H20FN3/c1-10(13-4-3-12(14)8-16-13)15-7-11-5-6-17(2)9-11/h3-4,8,10-11,15H,5-7,9H2,1-2H3. The van der Waals surface area contributed by atoms with E-state index < -0.39 is 0 Å². The monoisotopic (exact) mass is 237 g/mol. The Hall–Kier alpha value is -1.00. The zero-order valence-electron chi connectivity index (χ0n) is 10.5. The van der Waals surface area contributed by atoms with Gasteiger partial charge in [-0.3, -0.25) is 4.98 Å². The van der Waals surface area contributed by atoms with Crippen molar-refractivity contribution in [1.82, 2.24) is 15.2 Å². The summed E-state index contributed by atoms with van der Waals surface area (Å²) in [6.45, 7) is 5.43.